The van der Waals surface area contributed by atoms with Gasteiger partial charge in [0.15, 0.2) is 0 Å². The van der Waals surface area contributed by atoms with Crippen molar-refractivity contribution in [1.29, 1.82) is 0 Å². The molecule has 1 aliphatic heterocycles. The predicted molar refractivity (Wildman–Crippen MR) is 142 cm³/mol. The molecule has 1 N–H and O–H groups in total. The number of rotatable bonds is 10. The summed E-state index contributed by atoms with van der Waals surface area (Å²) in [5.41, 5.74) is 2.78. The summed E-state index contributed by atoms with van der Waals surface area (Å²) in [6.07, 6.45) is 8.27. The highest BCUT2D eigenvalue weighted by Gasteiger charge is 2.33. The van der Waals surface area contributed by atoms with Gasteiger partial charge in [0.2, 0.25) is 0 Å². The Morgan fingerprint density at radius 3 is 2.56 bits per heavy atom. The van der Waals surface area contributed by atoms with Gasteiger partial charge >= 0.3 is 0 Å². The van der Waals surface area contributed by atoms with Crippen molar-refractivity contribution in [3.05, 3.63) is 53.9 Å². The Kier molecular flexibility index (Phi) is 9.02. The first-order chi connectivity index (χ1) is 16.4. The summed E-state index contributed by atoms with van der Waals surface area (Å²) < 4.78 is 14.6. The number of nitrogens with one attached hydrogen (secondary N) is 1. The zero-order valence-electron chi connectivity index (χ0n) is 21.7. The Bertz CT molecular complexity index is 858. The van der Waals surface area contributed by atoms with Gasteiger partial charge in [0.1, 0.15) is 6.73 Å². The van der Waals surface area contributed by atoms with Crippen molar-refractivity contribution >= 4 is 8.07 Å². The van der Waals surface area contributed by atoms with Gasteiger partial charge in [-0.25, -0.2) is 4.68 Å². The first-order valence-corrected chi connectivity index (χ1v) is 17.1. The number of hydrogen-bond donors (Lipinski definition) is 1. The first-order valence-electron chi connectivity index (χ1n) is 13.4. The van der Waals surface area contributed by atoms with Crippen LogP contribution in [0.2, 0.25) is 25.7 Å². The van der Waals surface area contributed by atoms with Gasteiger partial charge < -0.3 is 14.8 Å². The van der Waals surface area contributed by atoms with Gasteiger partial charge in [0, 0.05) is 38.5 Å². The summed E-state index contributed by atoms with van der Waals surface area (Å²) in [7, 11) is -1.08. The maximum atomic E-state index is 6.53. The lowest BCUT2D eigenvalue weighted by molar-refractivity contribution is 0.00203. The molecule has 2 aromatic rings. The van der Waals surface area contributed by atoms with Crippen molar-refractivity contribution in [2.45, 2.75) is 95.4 Å². The third-order valence-electron chi connectivity index (χ3n) is 7.67. The van der Waals surface area contributed by atoms with E-state index in [1.165, 1.54) is 36.6 Å². The molecule has 5 nitrogen and oxygen atoms in total. The summed E-state index contributed by atoms with van der Waals surface area (Å²) in [4.78, 5) is 0. The van der Waals surface area contributed by atoms with Gasteiger partial charge in [0.25, 0.3) is 0 Å². The Labute approximate surface area is 207 Å². The molecular weight excluding hydrogens is 438 g/mol. The van der Waals surface area contributed by atoms with E-state index in [1.807, 2.05) is 6.20 Å². The van der Waals surface area contributed by atoms with Gasteiger partial charge in [-0.3, -0.25) is 0 Å². The standard InChI is InChI=1S/C28H45N3O2Si/c1-22-18-26(28-14-15-30-31(28)21-32-16-17-34(2,3)4)27(29-19-22)20-33-25-12-10-24(11-13-25)23-8-6-5-7-9-23/h5-9,14-15,22,24-27,29H,10-13,16-21H2,1-4H3/t22-,24-,25+,26+,27+/m1/s1. The molecule has 2 fully saturated rings. The quantitative estimate of drug-likeness (QED) is 0.332. The molecule has 1 aromatic carbocycles. The molecule has 0 amide bonds. The Morgan fingerprint density at radius 2 is 1.82 bits per heavy atom. The van der Waals surface area contributed by atoms with Crippen LogP contribution in [0.5, 0.6) is 0 Å². The van der Waals surface area contributed by atoms with Gasteiger partial charge in [-0.1, -0.05) is 56.9 Å². The summed E-state index contributed by atoms with van der Waals surface area (Å²) in [5.74, 6) is 1.75. The van der Waals surface area contributed by atoms with E-state index in [0.29, 0.717) is 36.6 Å². The average molecular weight is 484 g/mol. The van der Waals surface area contributed by atoms with Gasteiger partial charge in [0.05, 0.1) is 12.7 Å². The zero-order chi connectivity index (χ0) is 24.0. The van der Waals surface area contributed by atoms with Crippen LogP contribution in [0.1, 0.15) is 62.1 Å². The van der Waals surface area contributed by atoms with Crippen LogP contribution in [0.4, 0.5) is 0 Å². The lowest BCUT2D eigenvalue weighted by Crippen LogP contribution is -2.47. The van der Waals surface area contributed by atoms with E-state index in [9.17, 15) is 0 Å². The fourth-order valence-corrected chi connectivity index (χ4v) is 6.26. The van der Waals surface area contributed by atoms with Crippen LogP contribution in [0.3, 0.4) is 0 Å². The second kappa shape index (κ2) is 12.0. The number of aromatic nitrogens is 2. The van der Waals surface area contributed by atoms with Crippen LogP contribution < -0.4 is 5.32 Å². The molecule has 34 heavy (non-hydrogen) atoms. The third kappa shape index (κ3) is 7.26. The Hall–Kier alpha value is -1.47. The van der Waals surface area contributed by atoms with Gasteiger partial charge in [-0.2, -0.15) is 5.10 Å². The maximum absolute atomic E-state index is 6.53. The molecule has 0 spiro atoms. The largest absolute Gasteiger partial charge is 0.377 e. The minimum Gasteiger partial charge on any atom is -0.377 e. The van der Waals surface area contributed by atoms with Crippen LogP contribution in [0.25, 0.3) is 0 Å². The van der Waals surface area contributed by atoms with Crippen molar-refractivity contribution in [3.8, 4) is 0 Å². The molecule has 1 aromatic heterocycles. The van der Waals surface area contributed by atoms with E-state index in [-0.39, 0.29) is 0 Å². The zero-order valence-corrected chi connectivity index (χ0v) is 22.7. The van der Waals surface area contributed by atoms with E-state index < -0.39 is 8.07 Å². The summed E-state index contributed by atoms with van der Waals surface area (Å²) in [6, 6.07) is 14.7. The molecule has 2 aliphatic rings. The van der Waals surface area contributed by atoms with E-state index in [2.05, 4.69) is 78.1 Å². The highest BCUT2D eigenvalue weighted by Crippen LogP contribution is 2.35. The molecular formula is C28H45N3O2Si. The normalized spacial score (nSPS) is 28.2. The van der Waals surface area contributed by atoms with Crippen LogP contribution in [-0.4, -0.2) is 49.8 Å². The molecule has 1 saturated heterocycles. The monoisotopic (exact) mass is 483 g/mol. The number of nitrogens with zero attached hydrogens (tertiary/aromatic N) is 2. The highest BCUT2D eigenvalue weighted by molar-refractivity contribution is 6.76. The topological polar surface area (TPSA) is 48.3 Å². The average Bonchev–Trinajstić information content (AvgIpc) is 3.30. The van der Waals surface area contributed by atoms with E-state index in [4.69, 9.17) is 9.47 Å². The molecule has 3 atom stereocenters. The molecule has 0 radical (unpaired) electrons. The van der Waals surface area contributed by atoms with Crippen molar-refractivity contribution in [2.75, 3.05) is 19.8 Å². The van der Waals surface area contributed by atoms with Crippen LogP contribution in [0, 0.1) is 5.92 Å². The maximum Gasteiger partial charge on any atom is 0.139 e. The molecule has 0 unspecified atom stereocenters. The molecule has 1 aliphatic carbocycles. The summed E-state index contributed by atoms with van der Waals surface area (Å²) in [5, 5.41) is 8.40. The molecule has 0 bridgehead atoms. The number of hydrogen-bond acceptors (Lipinski definition) is 4. The molecule has 6 heteroatoms. The molecule has 188 valence electrons. The minimum absolute atomic E-state index is 0.334. The van der Waals surface area contributed by atoms with Crippen molar-refractivity contribution in [3.63, 3.8) is 0 Å². The van der Waals surface area contributed by atoms with E-state index in [1.54, 1.807) is 0 Å². The fraction of sp³-hybridized carbons (Fsp3) is 0.679. The van der Waals surface area contributed by atoms with Crippen molar-refractivity contribution in [2.24, 2.45) is 5.92 Å². The highest BCUT2D eigenvalue weighted by atomic mass is 28.3. The van der Waals surface area contributed by atoms with Crippen molar-refractivity contribution in [1.82, 2.24) is 15.1 Å². The van der Waals surface area contributed by atoms with E-state index >= 15 is 0 Å². The number of benzene rings is 1. The molecule has 1 saturated carbocycles. The van der Waals surface area contributed by atoms with Gasteiger partial charge in [-0.15, -0.1) is 0 Å². The number of ether oxygens (including phenoxy) is 2. The van der Waals surface area contributed by atoms with E-state index in [0.717, 1.165) is 32.6 Å². The Morgan fingerprint density at radius 1 is 1.06 bits per heavy atom. The minimum atomic E-state index is -1.08. The molecule has 4 rings (SSSR count). The number of piperidine rings is 1. The van der Waals surface area contributed by atoms with Crippen LogP contribution in [0.15, 0.2) is 42.6 Å². The summed E-state index contributed by atoms with van der Waals surface area (Å²) >= 11 is 0. The molecule has 2 heterocycles. The van der Waals surface area contributed by atoms with Crippen molar-refractivity contribution < 1.29 is 9.47 Å². The second-order valence-electron chi connectivity index (χ2n) is 11.8. The fourth-order valence-electron chi connectivity index (χ4n) is 5.50. The first kappa shape index (κ1) is 25.6. The van der Waals surface area contributed by atoms with Gasteiger partial charge in [-0.05, 0) is 68.2 Å². The third-order valence-corrected chi connectivity index (χ3v) is 9.37. The predicted octanol–water partition coefficient (Wildman–Crippen LogP) is 6.02. The van der Waals surface area contributed by atoms with Crippen LogP contribution in [-0.2, 0) is 16.2 Å². The van der Waals surface area contributed by atoms with Crippen LogP contribution >= 0.6 is 0 Å². The lowest BCUT2D eigenvalue weighted by Gasteiger charge is -2.37. The second-order valence-corrected chi connectivity index (χ2v) is 17.4. The SMILES string of the molecule is C[C@H]1CN[C@@H](CO[C@H]2CC[C@@H](c3ccccc3)CC2)[C@@H](c2ccnn2COCC[Si](C)(C)C)C1. The lowest BCUT2D eigenvalue weighted by atomic mass is 9.82. The smallest absolute Gasteiger partial charge is 0.139 e. The Balaban J connectivity index is 1.30. The summed E-state index contributed by atoms with van der Waals surface area (Å²) in [6.45, 7) is 12.7.